The Bertz CT molecular complexity index is 783. The second kappa shape index (κ2) is 5.51. The molecular formula is C17H14N4. The van der Waals surface area contributed by atoms with Gasteiger partial charge in [-0.15, -0.1) is 0 Å². The van der Waals surface area contributed by atoms with Crippen LogP contribution in [-0.2, 0) is 0 Å². The molecule has 0 aliphatic rings. The Kier molecular flexibility index (Phi) is 3.40. The second-order valence-corrected chi connectivity index (χ2v) is 4.66. The summed E-state index contributed by atoms with van der Waals surface area (Å²) in [6, 6.07) is 21.8. The summed E-state index contributed by atoms with van der Waals surface area (Å²) in [7, 11) is 0. The molecule has 1 N–H and O–H groups in total. The highest BCUT2D eigenvalue weighted by atomic mass is 15.3. The fraction of sp³-hybridized carbons (Fsp3) is 0.0588. The molecule has 21 heavy (non-hydrogen) atoms. The largest absolute Gasteiger partial charge is 0.339 e. The van der Waals surface area contributed by atoms with Gasteiger partial charge in [-0.3, -0.25) is 0 Å². The first-order chi connectivity index (χ1) is 10.3. The van der Waals surface area contributed by atoms with Crippen molar-refractivity contribution in [3.8, 4) is 11.8 Å². The number of aromatic nitrogens is 2. The number of nitrogens with one attached hydrogen (secondary N) is 1. The Morgan fingerprint density at radius 1 is 1.00 bits per heavy atom. The molecule has 0 fully saturated rings. The smallest absolute Gasteiger partial charge is 0.152 e. The van der Waals surface area contributed by atoms with Gasteiger partial charge < -0.3 is 5.32 Å². The Hall–Kier alpha value is -3.06. The molecule has 0 saturated heterocycles. The first-order valence-electron chi connectivity index (χ1n) is 6.67. The van der Waals surface area contributed by atoms with Crippen LogP contribution < -0.4 is 5.32 Å². The molecule has 0 spiro atoms. The van der Waals surface area contributed by atoms with Crippen LogP contribution in [0.1, 0.15) is 11.3 Å². The maximum absolute atomic E-state index is 9.39. The van der Waals surface area contributed by atoms with E-state index in [-0.39, 0.29) is 0 Å². The molecule has 0 unspecified atom stereocenters. The number of hydrogen-bond acceptors (Lipinski definition) is 3. The molecule has 0 saturated carbocycles. The quantitative estimate of drug-likeness (QED) is 0.790. The van der Waals surface area contributed by atoms with Gasteiger partial charge in [0.2, 0.25) is 0 Å². The maximum atomic E-state index is 9.39. The molecule has 4 heteroatoms. The molecule has 4 nitrogen and oxygen atoms in total. The van der Waals surface area contributed by atoms with Gasteiger partial charge in [0.1, 0.15) is 11.6 Å². The summed E-state index contributed by atoms with van der Waals surface area (Å²) in [6.45, 7) is 1.84. The lowest BCUT2D eigenvalue weighted by Gasteiger charge is -2.10. The molecule has 102 valence electrons. The number of aryl methyl sites for hydroxylation is 1. The third-order valence-corrected chi connectivity index (χ3v) is 3.21. The van der Waals surface area contributed by atoms with E-state index in [9.17, 15) is 5.26 Å². The SMILES string of the molecule is Cc1nn(-c2ccccc2)c(Nc2ccccc2)c1C#N. The third kappa shape index (κ3) is 2.49. The van der Waals surface area contributed by atoms with Crippen molar-refractivity contribution in [3.05, 3.63) is 71.9 Å². The molecule has 0 bridgehead atoms. The Morgan fingerprint density at radius 3 is 2.24 bits per heavy atom. The van der Waals surface area contributed by atoms with Crippen molar-refractivity contribution in [2.24, 2.45) is 0 Å². The van der Waals surface area contributed by atoms with Crippen molar-refractivity contribution >= 4 is 11.5 Å². The number of nitriles is 1. The zero-order valence-corrected chi connectivity index (χ0v) is 11.6. The minimum absolute atomic E-state index is 0.558. The van der Waals surface area contributed by atoms with Crippen LogP contribution in [0.2, 0.25) is 0 Å². The van der Waals surface area contributed by atoms with Crippen molar-refractivity contribution in [1.82, 2.24) is 9.78 Å². The van der Waals surface area contributed by atoms with Crippen LogP contribution in [-0.4, -0.2) is 9.78 Å². The molecule has 2 aromatic carbocycles. The van der Waals surface area contributed by atoms with E-state index in [0.29, 0.717) is 17.1 Å². The number of anilines is 2. The summed E-state index contributed by atoms with van der Waals surface area (Å²) in [6.07, 6.45) is 0. The van der Waals surface area contributed by atoms with Gasteiger partial charge in [0.15, 0.2) is 5.82 Å². The van der Waals surface area contributed by atoms with Crippen molar-refractivity contribution < 1.29 is 0 Å². The van der Waals surface area contributed by atoms with E-state index in [4.69, 9.17) is 0 Å². The molecule has 0 amide bonds. The number of benzene rings is 2. The van der Waals surface area contributed by atoms with Gasteiger partial charge in [-0.2, -0.15) is 10.4 Å². The van der Waals surface area contributed by atoms with E-state index in [0.717, 1.165) is 11.4 Å². The topological polar surface area (TPSA) is 53.6 Å². The summed E-state index contributed by atoms with van der Waals surface area (Å²) in [4.78, 5) is 0. The molecule has 3 aromatic rings. The van der Waals surface area contributed by atoms with E-state index in [2.05, 4.69) is 16.5 Å². The van der Waals surface area contributed by atoms with Crippen molar-refractivity contribution in [2.75, 3.05) is 5.32 Å². The van der Waals surface area contributed by atoms with Crippen LogP contribution in [0, 0.1) is 18.3 Å². The number of para-hydroxylation sites is 2. The highest BCUT2D eigenvalue weighted by Gasteiger charge is 2.16. The van der Waals surface area contributed by atoms with Gasteiger partial charge in [0.05, 0.1) is 11.4 Å². The predicted octanol–water partition coefficient (Wildman–Crippen LogP) is 3.80. The lowest BCUT2D eigenvalue weighted by atomic mass is 10.2. The molecule has 0 atom stereocenters. The third-order valence-electron chi connectivity index (χ3n) is 3.21. The van der Waals surface area contributed by atoms with Gasteiger partial charge in [0.25, 0.3) is 0 Å². The van der Waals surface area contributed by atoms with Crippen LogP contribution in [0.5, 0.6) is 0 Å². The van der Waals surface area contributed by atoms with E-state index in [1.54, 1.807) is 4.68 Å². The van der Waals surface area contributed by atoms with Gasteiger partial charge in [0, 0.05) is 5.69 Å². The Labute approximate surface area is 123 Å². The highest BCUT2D eigenvalue weighted by molar-refractivity contribution is 5.66. The van der Waals surface area contributed by atoms with Crippen molar-refractivity contribution in [2.45, 2.75) is 6.92 Å². The molecule has 3 rings (SSSR count). The average molecular weight is 274 g/mol. The second-order valence-electron chi connectivity index (χ2n) is 4.66. The van der Waals surface area contributed by atoms with Crippen LogP contribution in [0.4, 0.5) is 11.5 Å². The molecular weight excluding hydrogens is 260 g/mol. The standard InChI is InChI=1S/C17H14N4/c1-13-16(12-18)17(19-14-8-4-2-5-9-14)21(20-13)15-10-6-3-7-11-15/h2-11,19H,1H3. The van der Waals surface area contributed by atoms with Crippen LogP contribution in [0.3, 0.4) is 0 Å². The van der Waals surface area contributed by atoms with Crippen LogP contribution >= 0.6 is 0 Å². The summed E-state index contributed by atoms with van der Waals surface area (Å²) >= 11 is 0. The van der Waals surface area contributed by atoms with Gasteiger partial charge in [-0.25, -0.2) is 4.68 Å². The minimum Gasteiger partial charge on any atom is -0.339 e. The Balaban J connectivity index is 2.12. The summed E-state index contributed by atoms with van der Waals surface area (Å²) < 4.78 is 1.76. The first-order valence-corrected chi connectivity index (χ1v) is 6.67. The van der Waals surface area contributed by atoms with Crippen molar-refractivity contribution in [3.63, 3.8) is 0 Å². The maximum Gasteiger partial charge on any atom is 0.152 e. The average Bonchev–Trinajstić information content (AvgIpc) is 2.85. The number of rotatable bonds is 3. The molecule has 1 aromatic heterocycles. The molecule has 0 aliphatic heterocycles. The monoisotopic (exact) mass is 274 g/mol. The Morgan fingerprint density at radius 2 is 1.62 bits per heavy atom. The first kappa shape index (κ1) is 12.9. The summed E-state index contributed by atoms with van der Waals surface area (Å²) in [5.74, 6) is 0.687. The molecule has 1 heterocycles. The minimum atomic E-state index is 0.558. The lowest BCUT2D eigenvalue weighted by Crippen LogP contribution is -2.03. The van der Waals surface area contributed by atoms with Gasteiger partial charge in [-0.05, 0) is 31.2 Å². The zero-order chi connectivity index (χ0) is 14.7. The highest BCUT2D eigenvalue weighted by Crippen LogP contribution is 2.26. The number of hydrogen-bond donors (Lipinski definition) is 1. The fourth-order valence-electron chi connectivity index (χ4n) is 2.19. The molecule has 0 aliphatic carbocycles. The van der Waals surface area contributed by atoms with E-state index < -0.39 is 0 Å². The number of nitrogens with zero attached hydrogens (tertiary/aromatic N) is 3. The van der Waals surface area contributed by atoms with Gasteiger partial charge in [-0.1, -0.05) is 36.4 Å². The van der Waals surface area contributed by atoms with E-state index in [1.807, 2.05) is 67.6 Å². The lowest BCUT2D eigenvalue weighted by molar-refractivity contribution is 0.869. The fourth-order valence-corrected chi connectivity index (χ4v) is 2.19. The van der Waals surface area contributed by atoms with Crippen LogP contribution in [0.15, 0.2) is 60.7 Å². The predicted molar refractivity (Wildman–Crippen MR) is 82.7 cm³/mol. The summed E-state index contributed by atoms with van der Waals surface area (Å²) in [5.41, 5.74) is 3.11. The van der Waals surface area contributed by atoms with E-state index >= 15 is 0 Å². The summed E-state index contributed by atoms with van der Waals surface area (Å²) in [5, 5.41) is 17.2. The van der Waals surface area contributed by atoms with E-state index in [1.165, 1.54) is 0 Å². The van der Waals surface area contributed by atoms with Gasteiger partial charge >= 0.3 is 0 Å². The normalized spacial score (nSPS) is 10.1. The molecule has 0 radical (unpaired) electrons. The van der Waals surface area contributed by atoms with Crippen molar-refractivity contribution in [1.29, 1.82) is 5.26 Å². The zero-order valence-electron chi connectivity index (χ0n) is 11.6. The van der Waals surface area contributed by atoms with Crippen LogP contribution in [0.25, 0.3) is 5.69 Å².